The number of carbonyl (C=O) groups is 1. The van der Waals surface area contributed by atoms with Crippen molar-refractivity contribution in [3.05, 3.63) is 29.8 Å². The van der Waals surface area contributed by atoms with E-state index in [9.17, 15) is 18.0 Å². The van der Waals surface area contributed by atoms with Crippen LogP contribution in [0.4, 0.5) is 18.9 Å². The van der Waals surface area contributed by atoms with Crippen LogP contribution in [-0.4, -0.2) is 17.4 Å². The largest absolute Gasteiger partial charge is 0.418 e. The van der Waals surface area contributed by atoms with Gasteiger partial charge in [-0.15, -0.1) is 0 Å². The molecule has 110 valence electrons. The van der Waals surface area contributed by atoms with Gasteiger partial charge in [0, 0.05) is 6.42 Å². The molecule has 1 atom stereocenters. The average molecular weight is 303 g/mol. The topological polar surface area (TPSA) is 29.1 Å². The van der Waals surface area contributed by atoms with E-state index in [0.29, 0.717) is 6.42 Å². The highest BCUT2D eigenvalue weighted by Crippen LogP contribution is 2.35. The summed E-state index contributed by atoms with van der Waals surface area (Å²) in [6, 6.07) is 5.07. The van der Waals surface area contributed by atoms with Crippen LogP contribution in [-0.2, 0) is 11.0 Å². The normalized spacial score (nSPS) is 19.6. The first-order chi connectivity index (χ1) is 9.47. The van der Waals surface area contributed by atoms with E-state index in [-0.39, 0.29) is 17.5 Å². The molecule has 1 heterocycles. The third-order valence-corrected chi connectivity index (χ3v) is 4.52. The quantitative estimate of drug-likeness (QED) is 0.907. The Morgan fingerprint density at radius 1 is 1.35 bits per heavy atom. The third kappa shape index (κ3) is 4.16. The number of amides is 1. The van der Waals surface area contributed by atoms with Gasteiger partial charge in [-0.25, -0.2) is 0 Å². The van der Waals surface area contributed by atoms with Crippen LogP contribution in [0.3, 0.4) is 0 Å². The maximum Gasteiger partial charge on any atom is 0.418 e. The van der Waals surface area contributed by atoms with Crippen molar-refractivity contribution >= 4 is 23.4 Å². The van der Waals surface area contributed by atoms with E-state index in [4.69, 9.17) is 0 Å². The standard InChI is InChI=1S/C14H16F3NOS/c15-14(16,17)11-5-1-2-6-12(11)18-13(19)8-10-4-3-7-20-9-10/h1-2,5-6,10H,3-4,7-9H2,(H,18,19). The predicted molar refractivity (Wildman–Crippen MR) is 74.7 cm³/mol. The van der Waals surface area contributed by atoms with Crippen LogP contribution in [0.2, 0.25) is 0 Å². The zero-order chi connectivity index (χ0) is 14.6. The minimum absolute atomic E-state index is 0.159. The van der Waals surface area contributed by atoms with Crippen LogP contribution in [0.15, 0.2) is 24.3 Å². The Labute approximate surface area is 120 Å². The van der Waals surface area contributed by atoms with E-state index < -0.39 is 11.7 Å². The first-order valence-corrected chi connectivity index (χ1v) is 7.66. The van der Waals surface area contributed by atoms with Gasteiger partial charge in [-0.2, -0.15) is 24.9 Å². The lowest BCUT2D eigenvalue weighted by Gasteiger charge is -2.21. The number of carbonyl (C=O) groups excluding carboxylic acids is 1. The smallest absolute Gasteiger partial charge is 0.325 e. The molecule has 1 aliphatic rings. The highest BCUT2D eigenvalue weighted by molar-refractivity contribution is 7.99. The van der Waals surface area contributed by atoms with Gasteiger partial charge in [-0.3, -0.25) is 4.79 Å². The molecule has 2 nitrogen and oxygen atoms in total. The van der Waals surface area contributed by atoms with Crippen LogP contribution < -0.4 is 5.32 Å². The van der Waals surface area contributed by atoms with Gasteiger partial charge in [-0.1, -0.05) is 12.1 Å². The molecule has 1 aliphatic heterocycles. The van der Waals surface area contributed by atoms with Crippen LogP contribution >= 0.6 is 11.8 Å². The molecule has 0 aromatic heterocycles. The summed E-state index contributed by atoms with van der Waals surface area (Å²) in [6.07, 6.45) is -2.12. The van der Waals surface area contributed by atoms with Gasteiger partial charge in [-0.05, 0) is 42.4 Å². The molecule has 1 fully saturated rings. The minimum Gasteiger partial charge on any atom is -0.325 e. The lowest BCUT2D eigenvalue weighted by molar-refractivity contribution is -0.137. The monoisotopic (exact) mass is 303 g/mol. The Morgan fingerprint density at radius 2 is 2.10 bits per heavy atom. The summed E-state index contributed by atoms with van der Waals surface area (Å²) < 4.78 is 38.4. The molecule has 1 amide bonds. The van der Waals surface area contributed by atoms with Gasteiger partial charge in [0.05, 0.1) is 11.3 Å². The van der Waals surface area contributed by atoms with Crippen LogP contribution in [0.5, 0.6) is 0 Å². The van der Waals surface area contributed by atoms with E-state index in [1.165, 1.54) is 18.2 Å². The average Bonchev–Trinajstić information content (AvgIpc) is 2.39. The van der Waals surface area contributed by atoms with Gasteiger partial charge in [0.15, 0.2) is 0 Å². The number of nitrogens with one attached hydrogen (secondary N) is 1. The Balaban J connectivity index is 2.00. The van der Waals surface area contributed by atoms with Crippen LogP contribution in [0.1, 0.15) is 24.8 Å². The minimum atomic E-state index is -4.45. The molecular weight excluding hydrogens is 287 g/mol. The van der Waals surface area contributed by atoms with E-state index in [1.807, 2.05) is 0 Å². The van der Waals surface area contributed by atoms with Crippen molar-refractivity contribution in [2.24, 2.45) is 5.92 Å². The molecule has 1 saturated heterocycles. The van der Waals surface area contributed by atoms with E-state index in [0.717, 1.165) is 30.4 Å². The van der Waals surface area contributed by atoms with Crippen LogP contribution in [0.25, 0.3) is 0 Å². The van der Waals surface area contributed by atoms with Crippen molar-refractivity contribution in [3.63, 3.8) is 0 Å². The lowest BCUT2D eigenvalue weighted by atomic mass is 10.0. The van der Waals surface area contributed by atoms with Crippen LogP contribution in [0, 0.1) is 5.92 Å². The van der Waals surface area contributed by atoms with E-state index >= 15 is 0 Å². The summed E-state index contributed by atoms with van der Waals surface area (Å²) in [4.78, 5) is 11.9. The second kappa shape index (κ2) is 6.52. The first-order valence-electron chi connectivity index (χ1n) is 6.50. The molecule has 0 bridgehead atoms. The fourth-order valence-electron chi connectivity index (χ4n) is 2.27. The number of anilines is 1. The van der Waals surface area contributed by atoms with Gasteiger partial charge in [0.2, 0.25) is 5.91 Å². The van der Waals surface area contributed by atoms with E-state index in [1.54, 1.807) is 11.8 Å². The van der Waals surface area contributed by atoms with Crippen molar-refractivity contribution in [2.45, 2.75) is 25.4 Å². The zero-order valence-corrected chi connectivity index (χ0v) is 11.7. The van der Waals surface area contributed by atoms with Gasteiger partial charge in [0.25, 0.3) is 0 Å². The summed E-state index contributed by atoms with van der Waals surface area (Å²) in [5.41, 5.74) is -0.958. The summed E-state index contributed by atoms with van der Waals surface area (Å²) in [6.45, 7) is 0. The van der Waals surface area contributed by atoms with Gasteiger partial charge in [0.1, 0.15) is 0 Å². The molecule has 6 heteroatoms. The second-order valence-corrected chi connectivity index (χ2v) is 6.03. The zero-order valence-electron chi connectivity index (χ0n) is 10.9. The molecule has 1 aromatic rings. The number of alkyl halides is 3. The highest BCUT2D eigenvalue weighted by Gasteiger charge is 2.33. The first kappa shape index (κ1) is 15.2. The summed E-state index contributed by atoms with van der Waals surface area (Å²) in [5, 5.41) is 2.40. The predicted octanol–water partition coefficient (Wildman–Crippen LogP) is 4.18. The number of rotatable bonds is 3. The molecule has 20 heavy (non-hydrogen) atoms. The van der Waals surface area contributed by atoms with Gasteiger partial charge < -0.3 is 5.32 Å². The number of benzene rings is 1. The highest BCUT2D eigenvalue weighted by atomic mass is 32.2. The van der Waals surface area contributed by atoms with Gasteiger partial charge >= 0.3 is 6.18 Å². The number of thioether (sulfide) groups is 1. The second-order valence-electron chi connectivity index (χ2n) is 4.88. The lowest BCUT2D eigenvalue weighted by Crippen LogP contribution is -2.21. The Morgan fingerprint density at radius 3 is 2.75 bits per heavy atom. The summed E-state index contributed by atoms with van der Waals surface area (Å²) in [5.74, 6) is 1.95. The third-order valence-electron chi connectivity index (χ3n) is 3.24. The fourth-order valence-corrected chi connectivity index (χ4v) is 3.43. The SMILES string of the molecule is O=C(CC1CCCSC1)Nc1ccccc1C(F)(F)F. The molecule has 0 spiro atoms. The van der Waals surface area contributed by atoms with Crippen molar-refractivity contribution in [1.29, 1.82) is 0 Å². The maximum absolute atomic E-state index is 12.8. The number of para-hydroxylation sites is 1. The summed E-state index contributed by atoms with van der Waals surface area (Å²) in [7, 11) is 0. The molecule has 0 aliphatic carbocycles. The fraction of sp³-hybridized carbons (Fsp3) is 0.500. The molecule has 2 rings (SSSR count). The Hall–Kier alpha value is -1.17. The van der Waals surface area contributed by atoms with Crippen molar-refractivity contribution in [1.82, 2.24) is 0 Å². The van der Waals surface area contributed by atoms with E-state index in [2.05, 4.69) is 5.32 Å². The molecule has 0 radical (unpaired) electrons. The van der Waals surface area contributed by atoms with Crippen molar-refractivity contribution < 1.29 is 18.0 Å². The van der Waals surface area contributed by atoms with Crippen molar-refractivity contribution in [2.75, 3.05) is 16.8 Å². The maximum atomic E-state index is 12.8. The number of hydrogen-bond donors (Lipinski definition) is 1. The molecule has 1 unspecified atom stereocenters. The Bertz CT molecular complexity index is 470. The molecule has 0 saturated carbocycles. The summed E-state index contributed by atoms with van der Waals surface area (Å²) >= 11 is 1.80. The number of halogens is 3. The molecular formula is C14H16F3NOS. The Kier molecular flexibility index (Phi) is 4.96. The molecule has 1 N–H and O–H groups in total. The van der Waals surface area contributed by atoms with Crippen molar-refractivity contribution in [3.8, 4) is 0 Å². The number of hydrogen-bond acceptors (Lipinski definition) is 2. The molecule has 1 aromatic carbocycles.